The molecular formula is C9H23N3O. The molecule has 3 N–H and O–H groups in total. The molecule has 1 rings (SSSR count). The predicted molar refractivity (Wildman–Crippen MR) is 55.2 cm³/mol. The van der Waals surface area contributed by atoms with E-state index in [0.717, 1.165) is 26.1 Å². The first-order valence-electron chi connectivity index (χ1n) is 4.77. The molecule has 4 nitrogen and oxygen atoms in total. The fourth-order valence-corrected chi connectivity index (χ4v) is 1.65. The Morgan fingerprint density at radius 3 is 2.15 bits per heavy atom. The quantitative estimate of drug-likeness (QED) is 0.588. The Morgan fingerprint density at radius 1 is 1.31 bits per heavy atom. The average Bonchev–Trinajstić information content (AvgIpc) is 2.12. The van der Waals surface area contributed by atoms with Crippen molar-refractivity contribution in [3.63, 3.8) is 0 Å². The van der Waals surface area contributed by atoms with Crippen molar-refractivity contribution in [2.24, 2.45) is 11.8 Å². The van der Waals surface area contributed by atoms with Gasteiger partial charge in [-0.15, -0.1) is 0 Å². The minimum Gasteiger partial charge on any atom is -0.400 e. The fraction of sp³-hybridized carbons (Fsp3) is 1.00. The Labute approximate surface area is 81.3 Å². The van der Waals surface area contributed by atoms with Gasteiger partial charge in [0.2, 0.25) is 0 Å². The SMILES string of the molecule is CN(C)CC1CCN(N)CC1.CO. The van der Waals surface area contributed by atoms with E-state index in [1.165, 1.54) is 19.4 Å². The molecule has 0 bridgehead atoms. The van der Waals surface area contributed by atoms with Gasteiger partial charge in [-0.25, -0.2) is 5.01 Å². The topological polar surface area (TPSA) is 52.7 Å². The molecular weight excluding hydrogens is 166 g/mol. The zero-order chi connectivity index (χ0) is 10.3. The summed E-state index contributed by atoms with van der Waals surface area (Å²) in [5.41, 5.74) is 0. The van der Waals surface area contributed by atoms with E-state index in [9.17, 15) is 0 Å². The van der Waals surface area contributed by atoms with Gasteiger partial charge in [-0.2, -0.15) is 0 Å². The van der Waals surface area contributed by atoms with Crippen molar-refractivity contribution in [1.29, 1.82) is 0 Å². The Bertz CT molecular complexity index is 111. The van der Waals surface area contributed by atoms with E-state index in [0.29, 0.717) is 0 Å². The van der Waals surface area contributed by atoms with E-state index in [2.05, 4.69) is 19.0 Å². The second kappa shape index (κ2) is 7.26. The Kier molecular flexibility index (Phi) is 7.17. The van der Waals surface area contributed by atoms with Crippen LogP contribution in [0, 0.1) is 5.92 Å². The van der Waals surface area contributed by atoms with Crippen LogP contribution >= 0.6 is 0 Å². The summed E-state index contributed by atoms with van der Waals surface area (Å²) >= 11 is 0. The summed E-state index contributed by atoms with van der Waals surface area (Å²) in [4.78, 5) is 2.26. The lowest BCUT2D eigenvalue weighted by molar-refractivity contribution is 0.165. The number of rotatable bonds is 2. The summed E-state index contributed by atoms with van der Waals surface area (Å²) in [6, 6.07) is 0. The molecule has 0 saturated carbocycles. The van der Waals surface area contributed by atoms with Crippen LogP contribution in [0.2, 0.25) is 0 Å². The van der Waals surface area contributed by atoms with Crippen molar-refractivity contribution in [2.75, 3.05) is 40.8 Å². The molecule has 13 heavy (non-hydrogen) atoms. The van der Waals surface area contributed by atoms with Gasteiger partial charge in [-0.1, -0.05) is 0 Å². The molecule has 0 spiro atoms. The van der Waals surface area contributed by atoms with Gasteiger partial charge >= 0.3 is 0 Å². The Morgan fingerprint density at radius 2 is 1.77 bits per heavy atom. The van der Waals surface area contributed by atoms with Crippen LogP contribution in [0.1, 0.15) is 12.8 Å². The second-order valence-corrected chi connectivity index (χ2v) is 3.74. The van der Waals surface area contributed by atoms with Crippen molar-refractivity contribution in [2.45, 2.75) is 12.8 Å². The summed E-state index contributed by atoms with van der Waals surface area (Å²) in [5.74, 6) is 6.51. The molecule has 0 unspecified atom stereocenters. The molecule has 1 aliphatic heterocycles. The number of piperidine rings is 1. The van der Waals surface area contributed by atoms with E-state index in [-0.39, 0.29) is 0 Å². The Hall–Kier alpha value is -0.160. The van der Waals surface area contributed by atoms with Gasteiger partial charge in [0.15, 0.2) is 0 Å². The third kappa shape index (κ3) is 5.99. The first kappa shape index (κ1) is 12.8. The first-order chi connectivity index (χ1) is 6.18. The molecule has 0 aromatic rings. The number of nitrogens with zero attached hydrogens (tertiary/aromatic N) is 2. The Balaban J connectivity index is 0.000000671. The van der Waals surface area contributed by atoms with E-state index in [1.807, 2.05) is 5.01 Å². The normalized spacial score (nSPS) is 19.8. The van der Waals surface area contributed by atoms with Crippen molar-refractivity contribution in [1.82, 2.24) is 9.91 Å². The molecule has 0 aromatic heterocycles. The standard InChI is InChI=1S/C8H19N3.CH4O/c1-10(2)7-8-3-5-11(9)6-4-8;1-2/h8H,3-7,9H2,1-2H3;2H,1H3. The lowest BCUT2D eigenvalue weighted by Crippen LogP contribution is -2.41. The smallest absolute Gasteiger partial charge is 0.0319 e. The highest BCUT2D eigenvalue weighted by atomic mass is 16.2. The van der Waals surface area contributed by atoms with Gasteiger partial charge in [-0.3, -0.25) is 5.84 Å². The highest BCUT2D eigenvalue weighted by Gasteiger charge is 2.16. The van der Waals surface area contributed by atoms with Gasteiger partial charge in [0.05, 0.1) is 0 Å². The van der Waals surface area contributed by atoms with Crippen LogP contribution in [-0.2, 0) is 0 Å². The van der Waals surface area contributed by atoms with Crippen LogP contribution in [0.25, 0.3) is 0 Å². The number of nitrogens with two attached hydrogens (primary N) is 1. The zero-order valence-electron chi connectivity index (χ0n) is 9.03. The number of hydrogen-bond donors (Lipinski definition) is 2. The van der Waals surface area contributed by atoms with E-state index >= 15 is 0 Å². The number of aliphatic hydroxyl groups excluding tert-OH is 1. The first-order valence-corrected chi connectivity index (χ1v) is 4.77. The second-order valence-electron chi connectivity index (χ2n) is 3.74. The van der Waals surface area contributed by atoms with Crippen molar-refractivity contribution in [3.8, 4) is 0 Å². The largest absolute Gasteiger partial charge is 0.400 e. The molecule has 0 atom stereocenters. The predicted octanol–water partition coefficient (Wildman–Crippen LogP) is -0.258. The van der Waals surface area contributed by atoms with Crippen LogP contribution in [0.15, 0.2) is 0 Å². The van der Waals surface area contributed by atoms with Crippen LogP contribution in [0.4, 0.5) is 0 Å². The molecule has 0 aliphatic carbocycles. The van der Waals surface area contributed by atoms with Gasteiger partial charge in [0.1, 0.15) is 0 Å². The zero-order valence-corrected chi connectivity index (χ0v) is 9.03. The lowest BCUT2D eigenvalue weighted by atomic mass is 9.97. The molecule has 1 aliphatic rings. The van der Waals surface area contributed by atoms with E-state index in [1.54, 1.807) is 0 Å². The lowest BCUT2D eigenvalue weighted by Gasteiger charge is -2.30. The number of aliphatic hydroxyl groups is 1. The molecule has 1 heterocycles. The third-order valence-corrected chi connectivity index (χ3v) is 2.27. The molecule has 1 saturated heterocycles. The molecule has 0 aromatic carbocycles. The highest BCUT2D eigenvalue weighted by molar-refractivity contribution is 4.70. The van der Waals surface area contributed by atoms with Crippen LogP contribution < -0.4 is 5.84 Å². The van der Waals surface area contributed by atoms with E-state index < -0.39 is 0 Å². The third-order valence-electron chi connectivity index (χ3n) is 2.27. The maximum absolute atomic E-state index is 7.00. The summed E-state index contributed by atoms with van der Waals surface area (Å²) < 4.78 is 0. The van der Waals surface area contributed by atoms with Crippen LogP contribution in [0.3, 0.4) is 0 Å². The monoisotopic (exact) mass is 189 g/mol. The van der Waals surface area contributed by atoms with Crippen LogP contribution in [0.5, 0.6) is 0 Å². The van der Waals surface area contributed by atoms with Gasteiger partial charge in [0, 0.05) is 26.7 Å². The molecule has 1 fully saturated rings. The summed E-state index contributed by atoms with van der Waals surface area (Å²) in [7, 11) is 5.27. The minimum atomic E-state index is 0.866. The molecule has 4 heteroatoms. The number of hydrogen-bond acceptors (Lipinski definition) is 4. The van der Waals surface area contributed by atoms with Crippen molar-refractivity contribution in [3.05, 3.63) is 0 Å². The van der Waals surface area contributed by atoms with Gasteiger partial charge in [-0.05, 0) is 32.9 Å². The van der Waals surface area contributed by atoms with Crippen LogP contribution in [-0.4, -0.2) is 55.9 Å². The van der Waals surface area contributed by atoms with Gasteiger partial charge < -0.3 is 10.0 Å². The van der Waals surface area contributed by atoms with E-state index in [4.69, 9.17) is 10.9 Å². The maximum Gasteiger partial charge on any atom is 0.0319 e. The summed E-state index contributed by atoms with van der Waals surface area (Å²) in [6.07, 6.45) is 2.52. The minimum absolute atomic E-state index is 0.866. The average molecular weight is 189 g/mol. The molecule has 0 radical (unpaired) electrons. The molecule has 80 valence electrons. The fourth-order valence-electron chi connectivity index (χ4n) is 1.65. The molecule has 0 amide bonds. The summed E-state index contributed by atoms with van der Waals surface area (Å²) in [5, 5.41) is 8.92. The van der Waals surface area contributed by atoms with Crippen molar-refractivity contribution >= 4 is 0 Å². The van der Waals surface area contributed by atoms with Crippen molar-refractivity contribution < 1.29 is 5.11 Å². The number of hydrazine groups is 1. The maximum atomic E-state index is 7.00. The summed E-state index contributed by atoms with van der Waals surface area (Å²) in [6.45, 7) is 3.35. The van der Waals surface area contributed by atoms with Gasteiger partial charge in [0.25, 0.3) is 0 Å². The highest BCUT2D eigenvalue weighted by Crippen LogP contribution is 2.14.